The van der Waals surface area contributed by atoms with Gasteiger partial charge in [0.05, 0.1) is 6.04 Å². The molecule has 39 heavy (non-hydrogen) atoms. The second-order valence-electron chi connectivity index (χ2n) is 9.38. The summed E-state index contributed by atoms with van der Waals surface area (Å²) in [6.45, 7) is 0. The number of hydrogen-bond donors (Lipinski definition) is 0. The van der Waals surface area contributed by atoms with Crippen molar-refractivity contribution in [3.8, 4) is 11.5 Å². The first-order chi connectivity index (χ1) is 18.7. The molecule has 0 aliphatic carbocycles. The van der Waals surface area contributed by atoms with Gasteiger partial charge in [0.2, 0.25) is 0 Å². The van der Waals surface area contributed by atoms with Gasteiger partial charge in [0, 0.05) is 25.1 Å². The topological polar surface area (TPSA) is 74.3 Å². The van der Waals surface area contributed by atoms with Crippen molar-refractivity contribution in [1.82, 2.24) is 4.67 Å². The molecule has 2 fully saturated rings. The van der Waals surface area contributed by atoms with Gasteiger partial charge in [-0.2, -0.15) is 17.8 Å². The van der Waals surface area contributed by atoms with Crippen molar-refractivity contribution in [3.63, 3.8) is 0 Å². The van der Waals surface area contributed by atoms with Crippen LogP contribution < -0.4 is 9.05 Å². The Morgan fingerprint density at radius 3 is 1.85 bits per heavy atom. The Morgan fingerprint density at radius 2 is 1.36 bits per heavy atom. The van der Waals surface area contributed by atoms with Crippen LogP contribution >= 0.6 is 7.75 Å². The van der Waals surface area contributed by atoms with E-state index >= 15 is 0 Å². The Hall–Kier alpha value is -3.33. The standard InChI is InChI=1S/C28H27F3NO6P/c1-35-27(28(29,30)31,20-11-5-2-6-12-20)26(33)36-25-19-21-17-18-24(25)32(21)39(34,37-22-13-7-3-8-14-22)38-23-15-9-4-10-16-23/h2-16,21,24-25H,17-19H2,1H3/t21-,24+,25+,27-/m1/s1. The van der Waals surface area contributed by atoms with Crippen LogP contribution in [-0.2, 0) is 24.4 Å². The number of benzene rings is 3. The number of carbonyl (C=O) groups excluding carboxylic acids is 1. The van der Waals surface area contributed by atoms with Crippen molar-refractivity contribution in [3.05, 3.63) is 96.6 Å². The number of carbonyl (C=O) groups is 1. The molecule has 7 nitrogen and oxygen atoms in total. The molecular formula is C28H27F3NO6P. The molecule has 206 valence electrons. The summed E-state index contributed by atoms with van der Waals surface area (Å²) in [6.07, 6.45) is -4.89. The van der Waals surface area contributed by atoms with Crippen molar-refractivity contribution in [2.45, 2.75) is 49.2 Å². The van der Waals surface area contributed by atoms with E-state index in [1.807, 2.05) is 0 Å². The summed E-state index contributed by atoms with van der Waals surface area (Å²) in [4.78, 5) is 13.3. The molecule has 2 bridgehead atoms. The van der Waals surface area contributed by atoms with Gasteiger partial charge >= 0.3 is 19.9 Å². The predicted octanol–water partition coefficient (Wildman–Crippen LogP) is 6.51. The quantitative estimate of drug-likeness (QED) is 0.218. The lowest BCUT2D eigenvalue weighted by Gasteiger charge is -2.35. The Balaban J connectivity index is 1.45. The number of para-hydroxylation sites is 2. The Kier molecular flexibility index (Phi) is 7.46. The van der Waals surface area contributed by atoms with Crippen LogP contribution in [0, 0.1) is 0 Å². The average Bonchev–Trinajstić information content (AvgIpc) is 3.49. The smallest absolute Gasteiger partial charge is 0.458 e. The summed E-state index contributed by atoms with van der Waals surface area (Å²) in [7, 11) is -3.27. The van der Waals surface area contributed by atoms with Crippen molar-refractivity contribution in [1.29, 1.82) is 0 Å². The van der Waals surface area contributed by atoms with E-state index in [9.17, 15) is 22.5 Å². The predicted molar refractivity (Wildman–Crippen MR) is 136 cm³/mol. The van der Waals surface area contributed by atoms with Gasteiger partial charge in [0.15, 0.2) is 0 Å². The monoisotopic (exact) mass is 561 g/mol. The first kappa shape index (κ1) is 27.2. The molecule has 2 saturated heterocycles. The Labute approximate surface area is 224 Å². The molecule has 5 rings (SSSR count). The van der Waals surface area contributed by atoms with Crippen LogP contribution in [0.15, 0.2) is 91.0 Å². The molecule has 0 amide bonds. The van der Waals surface area contributed by atoms with Gasteiger partial charge in [-0.3, -0.25) is 0 Å². The molecule has 2 aliphatic heterocycles. The van der Waals surface area contributed by atoms with E-state index in [2.05, 4.69) is 0 Å². The van der Waals surface area contributed by atoms with Crippen LogP contribution in [0.5, 0.6) is 11.5 Å². The minimum atomic E-state index is -5.10. The molecule has 2 heterocycles. The summed E-state index contributed by atoms with van der Waals surface area (Å²) < 4.78 is 81.5. The van der Waals surface area contributed by atoms with Gasteiger partial charge in [0.25, 0.3) is 5.60 Å². The Bertz CT molecular complexity index is 1280. The van der Waals surface area contributed by atoms with E-state index in [4.69, 9.17) is 18.5 Å². The molecule has 0 radical (unpaired) electrons. The van der Waals surface area contributed by atoms with Crippen LogP contribution in [0.1, 0.15) is 24.8 Å². The van der Waals surface area contributed by atoms with Crippen molar-refractivity contribution in [2.75, 3.05) is 7.11 Å². The molecule has 0 N–H and O–H groups in total. The van der Waals surface area contributed by atoms with E-state index in [1.165, 1.54) is 35.0 Å². The maximum atomic E-state index is 14.4. The third-order valence-corrected chi connectivity index (χ3v) is 9.16. The fourth-order valence-corrected chi connectivity index (χ4v) is 7.60. The van der Waals surface area contributed by atoms with Gasteiger partial charge < -0.3 is 18.5 Å². The third-order valence-electron chi connectivity index (χ3n) is 7.09. The van der Waals surface area contributed by atoms with Crippen LogP contribution in [0.2, 0.25) is 0 Å². The number of hydrogen-bond acceptors (Lipinski definition) is 6. The molecule has 0 unspecified atom stereocenters. The van der Waals surface area contributed by atoms with E-state index in [-0.39, 0.29) is 6.42 Å². The minimum absolute atomic E-state index is 0.170. The summed E-state index contributed by atoms with van der Waals surface area (Å²) in [5, 5.41) is 0. The zero-order valence-electron chi connectivity index (χ0n) is 21.0. The highest BCUT2D eigenvalue weighted by molar-refractivity contribution is 7.52. The molecule has 3 aromatic carbocycles. The highest BCUT2D eigenvalue weighted by Crippen LogP contribution is 2.61. The van der Waals surface area contributed by atoms with E-state index < -0.39 is 49.2 Å². The molecule has 11 heteroatoms. The SMILES string of the molecule is CO[C@@](C(=O)O[C@H]1C[C@H]2CC[C@@H]1N2P(=O)(Oc1ccccc1)Oc1ccccc1)(c1ccccc1)C(F)(F)F. The number of halogens is 3. The average molecular weight is 561 g/mol. The zero-order chi connectivity index (χ0) is 27.7. The number of nitrogens with zero attached hydrogens (tertiary/aromatic N) is 1. The lowest BCUT2D eigenvalue weighted by Crippen LogP contribution is -2.53. The van der Waals surface area contributed by atoms with Gasteiger partial charge in [0.1, 0.15) is 17.6 Å². The van der Waals surface area contributed by atoms with Gasteiger partial charge in [-0.1, -0.05) is 66.7 Å². The number of fused-ring (bicyclic) bond motifs is 2. The molecule has 0 aromatic heterocycles. The number of ether oxygens (including phenoxy) is 2. The van der Waals surface area contributed by atoms with Crippen LogP contribution in [0.4, 0.5) is 13.2 Å². The van der Waals surface area contributed by atoms with Crippen LogP contribution in [0.3, 0.4) is 0 Å². The van der Waals surface area contributed by atoms with Crippen molar-refractivity contribution >= 4 is 13.7 Å². The summed E-state index contributed by atoms with van der Waals surface area (Å²) in [5.41, 5.74) is -3.71. The van der Waals surface area contributed by atoms with Gasteiger partial charge in [-0.25, -0.2) is 9.36 Å². The van der Waals surface area contributed by atoms with E-state index in [0.29, 0.717) is 24.3 Å². The maximum absolute atomic E-state index is 14.4. The molecular weight excluding hydrogens is 534 g/mol. The minimum Gasteiger partial charge on any atom is -0.458 e. The maximum Gasteiger partial charge on any atom is 0.516 e. The molecule has 0 saturated carbocycles. The molecule has 0 spiro atoms. The fourth-order valence-electron chi connectivity index (χ4n) is 5.36. The first-order valence-electron chi connectivity index (χ1n) is 12.4. The Morgan fingerprint density at radius 1 is 0.846 bits per heavy atom. The second-order valence-corrected chi connectivity index (χ2v) is 11.1. The van der Waals surface area contributed by atoms with Crippen LogP contribution in [0.25, 0.3) is 0 Å². The number of methoxy groups -OCH3 is 1. The van der Waals surface area contributed by atoms with E-state index in [0.717, 1.165) is 7.11 Å². The molecule has 3 aromatic rings. The second kappa shape index (κ2) is 10.7. The zero-order valence-corrected chi connectivity index (χ0v) is 21.9. The lowest BCUT2D eigenvalue weighted by atomic mass is 9.92. The van der Waals surface area contributed by atoms with Gasteiger partial charge in [-0.05, 0) is 37.1 Å². The van der Waals surface area contributed by atoms with Crippen molar-refractivity contribution in [2.24, 2.45) is 0 Å². The van der Waals surface area contributed by atoms with E-state index in [1.54, 1.807) is 60.7 Å². The van der Waals surface area contributed by atoms with Crippen LogP contribution in [-0.4, -0.2) is 42.1 Å². The third kappa shape index (κ3) is 5.04. The fraction of sp³-hybridized carbons (Fsp3) is 0.321. The highest BCUT2D eigenvalue weighted by atomic mass is 31.2. The number of rotatable bonds is 9. The van der Waals surface area contributed by atoms with Crippen molar-refractivity contribution < 1.29 is 41.1 Å². The lowest BCUT2D eigenvalue weighted by molar-refractivity contribution is -0.278. The number of esters is 1. The highest BCUT2D eigenvalue weighted by Gasteiger charge is 2.66. The number of alkyl halides is 3. The molecule has 4 atom stereocenters. The summed E-state index contributed by atoms with van der Waals surface area (Å²) in [6, 6.07) is 22.5. The summed E-state index contributed by atoms with van der Waals surface area (Å²) >= 11 is 0. The molecule has 2 aliphatic rings. The first-order valence-corrected chi connectivity index (χ1v) is 13.9. The summed E-state index contributed by atoms with van der Waals surface area (Å²) in [5.74, 6) is -0.976. The van der Waals surface area contributed by atoms with Gasteiger partial charge in [-0.15, -0.1) is 0 Å². The normalized spacial score (nSPS) is 22.7. The largest absolute Gasteiger partial charge is 0.516 e.